The van der Waals surface area contributed by atoms with Gasteiger partial charge in [0.05, 0.1) is 5.92 Å². The van der Waals surface area contributed by atoms with E-state index < -0.39 is 5.97 Å². The van der Waals surface area contributed by atoms with Gasteiger partial charge in [-0.3, -0.25) is 4.79 Å². The van der Waals surface area contributed by atoms with Crippen LogP contribution in [-0.4, -0.2) is 24.8 Å². The largest absolute Gasteiger partial charge is 0.481 e. The molecule has 1 N–H and O–H groups in total. The van der Waals surface area contributed by atoms with Gasteiger partial charge in [-0.2, -0.15) is 0 Å². The van der Waals surface area contributed by atoms with Crippen LogP contribution in [-0.2, 0) is 9.53 Å². The van der Waals surface area contributed by atoms with Crippen LogP contribution >= 0.6 is 0 Å². The molecule has 2 atom stereocenters. The van der Waals surface area contributed by atoms with Crippen LogP contribution in [0.5, 0.6) is 0 Å². The summed E-state index contributed by atoms with van der Waals surface area (Å²) in [4.78, 5) is 10.2. The molecule has 0 saturated heterocycles. The van der Waals surface area contributed by atoms with Gasteiger partial charge in [0.25, 0.3) is 0 Å². The summed E-state index contributed by atoms with van der Waals surface area (Å²) in [7, 11) is 1.59. The van der Waals surface area contributed by atoms with E-state index in [1.54, 1.807) is 7.11 Å². The minimum atomic E-state index is -0.683. The van der Waals surface area contributed by atoms with Gasteiger partial charge in [0.1, 0.15) is 0 Å². The second-order valence-electron chi connectivity index (χ2n) is 2.40. The summed E-state index contributed by atoms with van der Waals surface area (Å²) in [5, 5.41) is 8.39. The van der Waals surface area contributed by atoms with E-state index in [0.29, 0.717) is 6.61 Å². The Kier molecular flexibility index (Phi) is 1.71. The van der Waals surface area contributed by atoms with Gasteiger partial charge >= 0.3 is 5.97 Å². The van der Waals surface area contributed by atoms with Gasteiger partial charge in [-0.15, -0.1) is 0 Å². The third-order valence-electron chi connectivity index (χ3n) is 1.62. The standard InChI is InChI=1S/C6H10O3/c1-9-3-4-2-5(4)6(7)8/h4-5H,2-3H2,1H3,(H,7,8)/t4-,5-/m0/s1. The number of aliphatic carboxylic acids is 1. The monoisotopic (exact) mass is 130 g/mol. The lowest BCUT2D eigenvalue weighted by Crippen LogP contribution is -2.02. The number of ether oxygens (including phenoxy) is 1. The average Bonchev–Trinajstić information content (AvgIpc) is 2.47. The first kappa shape index (κ1) is 6.55. The Morgan fingerprint density at radius 2 is 2.56 bits per heavy atom. The first-order valence-electron chi connectivity index (χ1n) is 2.97. The van der Waals surface area contributed by atoms with E-state index in [4.69, 9.17) is 9.84 Å². The Balaban J connectivity index is 2.17. The third-order valence-corrected chi connectivity index (χ3v) is 1.62. The molecule has 0 unspecified atom stereocenters. The van der Waals surface area contributed by atoms with Crippen LogP contribution in [0.15, 0.2) is 0 Å². The Labute approximate surface area is 53.6 Å². The number of rotatable bonds is 3. The highest BCUT2D eigenvalue weighted by Crippen LogP contribution is 2.38. The summed E-state index contributed by atoms with van der Waals surface area (Å²) in [5.74, 6) is -0.519. The van der Waals surface area contributed by atoms with Crippen molar-refractivity contribution in [2.24, 2.45) is 11.8 Å². The maximum atomic E-state index is 10.2. The van der Waals surface area contributed by atoms with Crippen molar-refractivity contribution in [1.29, 1.82) is 0 Å². The summed E-state index contributed by atoms with van der Waals surface area (Å²) in [6.45, 7) is 0.594. The van der Waals surface area contributed by atoms with E-state index >= 15 is 0 Å². The summed E-state index contributed by atoms with van der Waals surface area (Å²) < 4.78 is 4.78. The zero-order valence-corrected chi connectivity index (χ0v) is 5.33. The third kappa shape index (κ3) is 1.42. The molecule has 0 aromatic heterocycles. The predicted molar refractivity (Wildman–Crippen MR) is 31.1 cm³/mol. The maximum absolute atomic E-state index is 10.2. The smallest absolute Gasteiger partial charge is 0.306 e. The lowest BCUT2D eigenvalue weighted by Gasteiger charge is -1.91. The van der Waals surface area contributed by atoms with Gasteiger partial charge < -0.3 is 9.84 Å². The van der Waals surface area contributed by atoms with Crippen molar-refractivity contribution in [2.45, 2.75) is 6.42 Å². The van der Waals surface area contributed by atoms with Crippen molar-refractivity contribution < 1.29 is 14.6 Å². The molecule has 3 heteroatoms. The Bertz CT molecular complexity index is 121. The van der Waals surface area contributed by atoms with Crippen LogP contribution < -0.4 is 0 Å². The molecule has 52 valence electrons. The first-order chi connectivity index (χ1) is 4.25. The number of hydrogen-bond acceptors (Lipinski definition) is 2. The second-order valence-corrected chi connectivity index (χ2v) is 2.40. The molecule has 1 aliphatic carbocycles. The molecule has 1 aliphatic rings. The molecule has 0 radical (unpaired) electrons. The van der Waals surface area contributed by atoms with E-state index in [1.165, 1.54) is 0 Å². The van der Waals surface area contributed by atoms with Crippen LogP contribution in [0.4, 0.5) is 0 Å². The lowest BCUT2D eigenvalue weighted by molar-refractivity contribution is -0.139. The van der Waals surface area contributed by atoms with E-state index in [9.17, 15) is 4.79 Å². The molecular weight excluding hydrogens is 120 g/mol. The Hall–Kier alpha value is -0.570. The predicted octanol–water partition coefficient (Wildman–Crippen LogP) is 0.354. The van der Waals surface area contributed by atoms with Crippen molar-refractivity contribution in [2.75, 3.05) is 13.7 Å². The van der Waals surface area contributed by atoms with Crippen LogP contribution in [0.1, 0.15) is 6.42 Å². The SMILES string of the molecule is COC[C@@H]1C[C@@H]1C(=O)O. The number of carbonyl (C=O) groups is 1. The number of methoxy groups -OCH3 is 1. The van der Waals surface area contributed by atoms with Crippen molar-refractivity contribution in [1.82, 2.24) is 0 Å². The average molecular weight is 130 g/mol. The zero-order chi connectivity index (χ0) is 6.85. The molecule has 0 bridgehead atoms. The highest BCUT2D eigenvalue weighted by atomic mass is 16.5. The second kappa shape index (κ2) is 2.35. The molecule has 0 heterocycles. The van der Waals surface area contributed by atoms with Crippen molar-refractivity contribution in [3.63, 3.8) is 0 Å². The van der Waals surface area contributed by atoms with Crippen molar-refractivity contribution in [3.8, 4) is 0 Å². The first-order valence-corrected chi connectivity index (χ1v) is 2.97. The zero-order valence-electron chi connectivity index (χ0n) is 5.33. The quantitative estimate of drug-likeness (QED) is 0.599. The molecule has 9 heavy (non-hydrogen) atoms. The van der Waals surface area contributed by atoms with Gasteiger partial charge in [-0.25, -0.2) is 0 Å². The normalized spacial score (nSPS) is 32.1. The molecule has 1 rings (SSSR count). The lowest BCUT2D eigenvalue weighted by atomic mass is 10.3. The molecule has 3 nitrogen and oxygen atoms in total. The van der Waals surface area contributed by atoms with Gasteiger partial charge in [-0.05, 0) is 12.3 Å². The van der Waals surface area contributed by atoms with Gasteiger partial charge in [0.15, 0.2) is 0 Å². The Morgan fingerprint density at radius 1 is 1.89 bits per heavy atom. The van der Waals surface area contributed by atoms with Gasteiger partial charge in [0.2, 0.25) is 0 Å². The highest BCUT2D eigenvalue weighted by molar-refractivity contribution is 5.73. The molecular formula is C6H10O3. The summed E-state index contributed by atoms with van der Waals surface area (Å²) in [6, 6.07) is 0. The molecule has 0 aliphatic heterocycles. The topological polar surface area (TPSA) is 46.5 Å². The van der Waals surface area contributed by atoms with Gasteiger partial charge in [0, 0.05) is 13.7 Å². The van der Waals surface area contributed by atoms with Crippen LogP contribution in [0, 0.1) is 11.8 Å². The van der Waals surface area contributed by atoms with Crippen molar-refractivity contribution in [3.05, 3.63) is 0 Å². The summed E-state index contributed by atoms with van der Waals surface area (Å²) >= 11 is 0. The number of carboxylic acids is 1. The number of carboxylic acid groups (broad SMARTS) is 1. The van der Waals surface area contributed by atoms with E-state index in [1.807, 2.05) is 0 Å². The van der Waals surface area contributed by atoms with Gasteiger partial charge in [-0.1, -0.05) is 0 Å². The number of hydrogen-bond donors (Lipinski definition) is 1. The fourth-order valence-electron chi connectivity index (χ4n) is 0.948. The summed E-state index contributed by atoms with van der Waals surface area (Å²) in [5.41, 5.74) is 0. The van der Waals surface area contributed by atoms with Crippen LogP contribution in [0.3, 0.4) is 0 Å². The fourth-order valence-corrected chi connectivity index (χ4v) is 0.948. The summed E-state index contributed by atoms with van der Waals surface area (Å²) in [6.07, 6.45) is 0.795. The van der Waals surface area contributed by atoms with E-state index in [2.05, 4.69) is 0 Å². The maximum Gasteiger partial charge on any atom is 0.306 e. The van der Waals surface area contributed by atoms with E-state index in [0.717, 1.165) is 6.42 Å². The molecule has 1 saturated carbocycles. The fraction of sp³-hybridized carbons (Fsp3) is 0.833. The van der Waals surface area contributed by atoms with Crippen molar-refractivity contribution >= 4 is 5.97 Å². The molecule has 0 amide bonds. The minimum Gasteiger partial charge on any atom is -0.481 e. The van der Waals surface area contributed by atoms with E-state index in [-0.39, 0.29) is 11.8 Å². The Morgan fingerprint density at radius 3 is 2.89 bits per heavy atom. The molecule has 1 fully saturated rings. The molecule has 0 spiro atoms. The highest BCUT2D eigenvalue weighted by Gasteiger charge is 2.42. The van der Waals surface area contributed by atoms with Crippen LogP contribution in [0.25, 0.3) is 0 Å². The molecule has 0 aromatic rings. The minimum absolute atomic E-state index is 0.120. The molecule has 0 aromatic carbocycles. The van der Waals surface area contributed by atoms with Crippen LogP contribution in [0.2, 0.25) is 0 Å².